The van der Waals surface area contributed by atoms with Crippen LogP contribution >= 0.6 is 15.9 Å². The highest BCUT2D eigenvalue weighted by Gasteiger charge is 2.03. The molecule has 0 saturated heterocycles. The number of benzene rings is 1. The molecule has 0 unspecified atom stereocenters. The van der Waals surface area contributed by atoms with Crippen LogP contribution in [0.3, 0.4) is 0 Å². The van der Waals surface area contributed by atoms with Crippen molar-refractivity contribution in [2.45, 2.75) is 0 Å². The van der Waals surface area contributed by atoms with E-state index in [0.717, 1.165) is 5.56 Å². The van der Waals surface area contributed by atoms with Gasteiger partial charge >= 0.3 is 0 Å². The SMILES string of the molecule is Fc1ccc(-c2coc(Br)n2)cc1. The fraction of sp³-hybridized carbons (Fsp3) is 0. The second-order valence-electron chi connectivity index (χ2n) is 2.49. The lowest BCUT2D eigenvalue weighted by atomic mass is 10.2. The van der Waals surface area contributed by atoms with Gasteiger partial charge in [0.05, 0.1) is 0 Å². The van der Waals surface area contributed by atoms with Crippen molar-refractivity contribution in [3.8, 4) is 11.3 Å². The Balaban J connectivity index is 2.41. The first-order valence-electron chi connectivity index (χ1n) is 3.63. The average molecular weight is 242 g/mol. The van der Waals surface area contributed by atoms with Crippen LogP contribution in [0.4, 0.5) is 4.39 Å². The smallest absolute Gasteiger partial charge is 0.264 e. The summed E-state index contributed by atoms with van der Waals surface area (Å²) in [5.74, 6) is -0.258. The lowest BCUT2D eigenvalue weighted by Crippen LogP contribution is -1.77. The van der Waals surface area contributed by atoms with Gasteiger partial charge in [0.1, 0.15) is 17.8 Å². The number of halogens is 2. The molecule has 1 aromatic heterocycles. The van der Waals surface area contributed by atoms with Gasteiger partial charge in [0, 0.05) is 21.5 Å². The van der Waals surface area contributed by atoms with Crippen LogP contribution in [0.2, 0.25) is 0 Å². The van der Waals surface area contributed by atoms with Crippen molar-refractivity contribution in [1.29, 1.82) is 0 Å². The molecule has 0 aliphatic carbocycles. The summed E-state index contributed by atoms with van der Waals surface area (Å²) >= 11 is 3.09. The Bertz CT molecular complexity index is 410. The normalized spacial score (nSPS) is 10.3. The molecule has 2 rings (SSSR count). The molecule has 0 atom stereocenters. The molecular formula is C9H5BrFNO. The van der Waals surface area contributed by atoms with Crippen LogP contribution in [-0.4, -0.2) is 4.98 Å². The molecule has 0 bridgehead atoms. The van der Waals surface area contributed by atoms with Gasteiger partial charge in [-0.3, -0.25) is 0 Å². The molecule has 1 aromatic carbocycles. The van der Waals surface area contributed by atoms with E-state index >= 15 is 0 Å². The van der Waals surface area contributed by atoms with Crippen molar-refractivity contribution in [2.24, 2.45) is 0 Å². The summed E-state index contributed by atoms with van der Waals surface area (Å²) in [5.41, 5.74) is 1.52. The van der Waals surface area contributed by atoms with E-state index in [1.54, 1.807) is 12.1 Å². The fourth-order valence-electron chi connectivity index (χ4n) is 1.01. The van der Waals surface area contributed by atoms with Crippen molar-refractivity contribution in [1.82, 2.24) is 4.98 Å². The molecule has 0 amide bonds. The third kappa shape index (κ3) is 1.78. The van der Waals surface area contributed by atoms with Gasteiger partial charge in [-0.2, -0.15) is 0 Å². The maximum Gasteiger partial charge on any atom is 0.264 e. The molecule has 2 nitrogen and oxygen atoms in total. The number of hydrogen-bond acceptors (Lipinski definition) is 2. The molecule has 0 saturated carbocycles. The van der Waals surface area contributed by atoms with Gasteiger partial charge in [0.25, 0.3) is 4.80 Å². The molecule has 2 aromatic rings. The number of rotatable bonds is 1. The molecule has 1 heterocycles. The first-order valence-corrected chi connectivity index (χ1v) is 4.42. The standard InChI is InChI=1S/C9H5BrFNO/c10-9-12-8(5-13-9)6-1-3-7(11)4-2-6/h1-5H. The van der Waals surface area contributed by atoms with E-state index in [2.05, 4.69) is 20.9 Å². The first-order chi connectivity index (χ1) is 6.25. The molecule has 0 spiro atoms. The summed E-state index contributed by atoms with van der Waals surface area (Å²) in [5, 5.41) is 0. The summed E-state index contributed by atoms with van der Waals surface area (Å²) in [4.78, 5) is 4.46. The van der Waals surface area contributed by atoms with Crippen LogP contribution in [0.5, 0.6) is 0 Å². The van der Waals surface area contributed by atoms with Crippen molar-refractivity contribution in [3.05, 3.63) is 41.1 Å². The summed E-state index contributed by atoms with van der Waals surface area (Å²) in [6.45, 7) is 0. The highest BCUT2D eigenvalue weighted by atomic mass is 79.9. The average Bonchev–Trinajstić information content (AvgIpc) is 2.53. The van der Waals surface area contributed by atoms with Gasteiger partial charge in [-0.25, -0.2) is 9.37 Å². The minimum absolute atomic E-state index is 0.258. The van der Waals surface area contributed by atoms with E-state index in [4.69, 9.17) is 4.42 Å². The minimum atomic E-state index is -0.258. The van der Waals surface area contributed by atoms with Gasteiger partial charge in [-0.05, 0) is 24.3 Å². The van der Waals surface area contributed by atoms with Crippen molar-refractivity contribution in [2.75, 3.05) is 0 Å². The highest BCUT2D eigenvalue weighted by molar-refractivity contribution is 9.10. The zero-order valence-corrected chi connectivity index (χ0v) is 8.08. The monoisotopic (exact) mass is 241 g/mol. The quantitative estimate of drug-likeness (QED) is 0.767. The van der Waals surface area contributed by atoms with Crippen LogP contribution in [0.15, 0.2) is 39.7 Å². The zero-order valence-electron chi connectivity index (χ0n) is 6.50. The Morgan fingerprint density at radius 3 is 2.46 bits per heavy atom. The second-order valence-corrected chi connectivity index (χ2v) is 3.17. The van der Waals surface area contributed by atoms with E-state index in [9.17, 15) is 4.39 Å². The molecule has 13 heavy (non-hydrogen) atoms. The van der Waals surface area contributed by atoms with E-state index in [0.29, 0.717) is 10.5 Å². The van der Waals surface area contributed by atoms with Crippen LogP contribution in [0, 0.1) is 5.82 Å². The zero-order chi connectivity index (χ0) is 9.26. The number of nitrogens with zero attached hydrogens (tertiary/aromatic N) is 1. The maximum atomic E-state index is 12.6. The second kappa shape index (κ2) is 3.30. The van der Waals surface area contributed by atoms with Gasteiger partial charge < -0.3 is 4.42 Å². The third-order valence-corrected chi connectivity index (χ3v) is 1.98. The van der Waals surface area contributed by atoms with Crippen LogP contribution in [0.1, 0.15) is 0 Å². The molecule has 66 valence electrons. The summed E-state index contributed by atoms with van der Waals surface area (Å²) in [6.07, 6.45) is 1.51. The predicted molar refractivity (Wildman–Crippen MR) is 49.6 cm³/mol. The summed E-state index contributed by atoms with van der Waals surface area (Å²) in [6, 6.07) is 6.08. The molecular weight excluding hydrogens is 237 g/mol. The largest absolute Gasteiger partial charge is 0.439 e. The molecule has 0 fully saturated rings. The summed E-state index contributed by atoms with van der Waals surface area (Å²) < 4.78 is 17.5. The van der Waals surface area contributed by atoms with E-state index in [1.807, 2.05) is 0 Å². The summed E-state index contributed by atoms with van der Waals surface area (Å²) in [7, 11) is 0. The molecule has 0 aliphatic rings. The lowest BCUT2D eigenvalue weighted by Gasteiger charge is -1.93. The van der Waals surface area contributed by atoms with Crippen molar-refractivity contribution >= 4 is 15.9 Å². The maximum absolute atomic E-state index is 12.6. The molecule has 0 radical (unpaired) electrons. The Morgan fingerprint density at radius 2 is 1.92 bits per heavy atom. The predicted octanol–water partition coefficient (Wildman–Crippen LogP) is 3.24. The lowest BCUT2D eigenvalue weighted by molar-refractivity contribution is 0.529. The van der Waals surface area contributed by atoms with Gasteiger partial charge in [-0.1, -0.05) is 0 Å². The number of oxazole rings is 1. The van der Waals surface area contributed by atoms with E-state index < -0.39 is 0 Å². The fourth-order valence-corrected chi connectivity index (χ4v) is 1.29. The Morgan fingerprint density at radius 1 is 1.23 bits per heavy atom. The van der Waals surface area contributed by atoms with Crippen LogP contribution in [0.25, 0.3) is 11.3 Å². The number of aromatic nitrogens is 1. The Labute approximate surface area is 82.5 Å². The third-order valence-electron chi connectivity index (χ3n) is 1.62. The van der Waals surface area contributed by atoms with Crippen LogP contribution in [-0.2, 0) is 0 Å². The topological polar surface area (TPSA) is 26.0 Å². The van der Waals surface area contributed by atoms with Gasteiger partial charge in [0.15, 0.2) is 0 Å². The Hall–Kier alpha value is -1.16. The van der Waals surface area contributed by atoms with Gasteiger partial charge in [0.2, 0.25) is 0 Å². The Kier molecular flexibility index (Phi) is 2.14. The molecule has 0 aliphatic heterocycles. The van der Waals surface area contributed by atoms with Gasteiger partial charge in [-0.15, -0.1) is 0 Å². The first kappa shape index (κ1) is 8.44. The van der Waals surface area contributed by atoms with Crippen molar-refractivity contribution < 1.29 is 8.81 Å². The highest BCUT2D eigenvalue weighted by Crippen LogP contribution is 2.20. The van der Waals surface area contributed by atoms with Crippen molar-refractivity contribution in [3.63, 3.8) is 0 Å². The van der Waals surface area contributed by atoms with E-state index in [1.165, 1.54) is 18.4 Å². The molecule has 0 N–H and O–H groups in total. The number of hydrogen-bond donors (Lipinski definition) is 0. The van der Waals surface area contributed by atoms with Crippen LogP contribution < -0.4 is 0 Å². The minimum Gasteiger partial charge on any atom is -0.439 e. The van der Waals surface area contributed by atoms with E-state index in [-0.39, 0.29) is 5.82 Å². The molecule has 4 heteroatoms.